The number of hydrogen-bond donors (Lipinski definition) is 1. The number of nitrogens with zero attached hydrogens (tertiary/aromatic N) is 1. The maximum Gasteiger partial charge on any atom is 0.240 e. The van der Waals surface area contributed by atoms with E-state index in [1.807, 2.05) is 62.9 Å². The third kappa shape index (κ3) is 3.84. The van der Waals surface area contributed by atoms with Crippen LogP contribution in [0.3, 0.4) is 0 Å². The fraction of sp³-hybridized carbons (Fsp3) is 0.533. The Morgan fingerprint density at radius 1 is 1.28 bits per heavy atom. The highest BCUT2D eigenvalue weighted by molar-refractivity contribution is 5.82. The zero-order valence-corrected chi connectivity index (χ0v) is 11.8. The lowest BCUT2D eigenvalue weighted by molar-refractivity contribution is -0.135. The van der Waals surface area contributed by atoms with Crippen molar-refractivity contribution in [1.29, 1.82) is 0 Å². The minimum atomic E-state index is -0.457. The summed E-state index contributed by atoms with van der Waals surface area (Å²) in [7, 11) is 0. The van der Waals surface area contributed by atoms with Gasteiger partial charge in [-0.15, -0.1) is 0 Å². The maximum atomic E-state index is 12.3. The second kappa shape index (κ2) is 6.01. The Bertz CT molecular complexity index is 381. The van der Waals surface area contributed by atoms with Crippen LogP contribution < -0.4 is 5.73 Å². The first-order valence-corrected chi connectivity index (χ1v) is 6.44. The van der Waals surface area contributed by atoms with Crippen LogP contribution in [0.15, 0.2) is 30.3 Å². The highest BCUT2D eigenvalue weighted by Crippen LogP contribution is 2.19. The van der Waals surface area contributed by atoms with Crippen LogP contribution in [0.4, 0.5) is 0 Å². The molecule has 1 rings (SSSR count). The van der Waals surface area contributed by atoms with Gasteiger partial charge in [0.2, 0.25) is 5.91 Å². The standard InChI is InChI=1S/C15H24N2O/c1-5-17(11-12-9-7-6-8-10-12)14(18)13(16)15(2,3)4/h6-10,13H,5,11,16H2,1-4H3/t13-/m1/s1. The lowest BCUT2D eigenvalue weighted by Crippen LogP contribution is -2.50. The molecule has 1 aromatic carbocycles. The van der Waals surface area contributed by atoms with E-state index < -0.39 is 6.04 Å². The molecule has 3 heteroatoms. The first-order valence-electron chi connectivity index (χ1n) is 6.44. The molecule has 0 aromatic heterocycles. The van der Waals surface area contributed by atoms with Crippen molar-refractivity contribution in [2.24, 2.45) is 11.1 Å². The van der Waals surface area contributed by atoms with Crippen LogP contribution in [0, 0.1) is 5.41 Å². The predicted octanol–water partition coefficient (Wildman–Crippen LogP) is 2.41. The van der Waals surface area contributed by atoms with Crippen LogP contribution >= 0.6 is 0 Å². The Labute approximate surface area is 110 Å². The van der Waals surface area contributed by atoms with Gasteiger partial charge in [0.25, 0.3) is 0 Å². The number of hydrogen-bond acceptors (Lipinski definition) is 2. The lowest BCUT2D eigenvalue weighted by Gasteiger charge is -2.31. The second-order valence-electron chi connectivity index (χ2n) is 5.68. The van der Waals surface area contributed by atoms with E-state index in [0.29, 0.717) is 13.1 Å². The molecule has 0 aliphatic carbocycles. The predicted molar refractivity (Wildman–Crippen MR) is 75.0 cm³/mol. The van der Waals surface area contributed by atoms with Crippen LogP contribution in [0.5, 0.6) is 0 Å². The largest absolute Gasteiger partial charge is 0.337 e. The smallest absolute Gasteiger partial charge is 0.240 e. The van der Waals surface area contributed by atoms with E-state index in [9.17, 15) is 4.79 Å². The molecule has 0 heterocycles. The van der Waals surface area contributed by atoms with Gasteiger partial charge in [-0.25, -0.2) is 0 Å². The number of likely N-dealkylation sites (N-methyl/N-ethyl adjacent to an activating group) is 1. The summed E-state index contributed by atoms with van der Waals surface area (Å²) in [6, 6.07) is 9.54. The topological polar surface area (TPSA) is 46.3 Å². The normalized spacial score (nSPS) is 13.2. The number of carbonyl (C=O) groups is 1. The number of amides is 1. The molecule has 3 nitrogen and oxygen atoms in total. The Kier molecular flexibility index (Phi) is 4.91. The number of nitrogens with two attached hydrogens (primary N) is 1. The van der Waals surface area contributed by atoms with Crippen molar-refractivity contribution in [3.63, 3.8) is 0 Å². The second-order valence-corrected chi connectivity index (χ2v) is 5.68. The van der Waals surface area contributed by atoms with E-state index in [4.69, 9.17) is 5.73 Å². The van der Waals surface area contributed by atoms with Crippen molar-refractivity contribution in [1.82, 2.24) is 4.90 Å². The average molecular weight is 248 g/mol. The summed E-state index contributed by atoms with van der Waals surface area (Å²) in [5.74, 6) is 0.0221. The summed E-state index contributed by atoms with van der Waals surface area (Å²) >= 11 is 0. The molecule has 1 atom stereocenters. The molecule has 1 aromatic rings. The van der Waals surface area contributed by atoms with Crippen LogP contribution in [0.2, 0.25) is 0 Å². The van der Waals surface area contributed by atoms with Crippen molar-refractivity contribution in [2.45, 2.75) is 40.3 Å². The zero-order valence-electron chi connectivity index (χ0n) is 11.8. The summed E-state index contributed by atoms with van der Waals surface area (Å²) in [4.78, 5) is 14.1. The van der Waals surface area contributed by atoms with Crippen molar-refractivity contribution in [3.8, 4) is 0 Å². The molecule has 0 unspecified atom stereocenters. The Morgan fingerprint density at radius 3 is 2.28 bits per heavy atom. The van der Waals surface area contributed by atoms with E-state index in [2.05, 4.69) is 0 Å². The lowest BCUT2D eigenvalue weighted by atomic mass is 9.86. The van der Waals surface area contributed by atoms with E-state index in [1.165, 1.54) is 0 Å². The van der Waals surface area contributed by atoms with Crippen LogP contribution in [-0.2, 0) is 11.3 Å². The third-order valence-corrected chi connectivity index (χ3v) is 3.11. The molecular weight excluding hydrogens is 224 g/mol. The van der Waals surface area contributed by atoms with Gasteiger partial charge in [-0.05, 0) is 17.9 Å². The molecule has 0 aliphatic rings. The molecule has 0 bridgehead atoms. The quantitative estimate of drug-likeness (QED) is 0.889. The van der Waals surface area contributed by atoms with Crippen molar-refractivity contribution >= 4 is 5.91 Å². The summed E-state index contributed by atoms with van der Waals surface area (Å²) < 4.78 is 0. The zero-order chi connectivity index (χ0) is 13.8. The monoisotopic (exact) mass is 248 g/mol. The van der Waals surface area contributed by atoms with E-state index in [-0.39, 0.29) is 11.3 Å². The molecule has 0 fully saturated rings. The molecule has 0 radical (unpaired) electrons. The van der Waals surface area contributed by atoms with Gasteiger partial charge in [-0.2, -0.15) is 0 Å². The first-order chi connectivity index (χ1) is 8.36. The molecule has 1 amide bonds. The van der Waals surface area contributed by atoms with E-state index in [0.717, 1.165) is 5.56 Å². The van der Waals surface area contributed by atoms with Crippen molar-refractivity contribution in [3.05, 3.63) is 35.9 Å². The number of benzene rings is 1. The fourth-order valence-electron chi connectivity index (χ4n) is 1.72. The summed E-state index contributed by atoms with van der Waals surface area (Å²) in [5.41, 5.74) is 6.96. The molecular formula is C15H24N2O. The van der Waals surface area contributed by atoms with Crippen LogP contribution in [0.25, 0.3) is 0 Å². The van der Waals surface area contributed by atoms with Gasteiger partial charge in [0.15, 0.2) is 0 Å². The molecule has 18 heavy (non-hydrogen) atoms. The van der Waals surface area contributed by atoms with E-state index in [1.54, 1.807) is 0 Å². The third-order valence-electron chi connectivity index (χ3n) is 3.11. The van der Waals surface area contributed by atoms with E-state index >= 15 is 0 Å². The van der Waals surface area contributed by atoms with Gasteiger partial charge in [-0.3, -0.25) is 4.79 Å². The average Bonchev–Trinajstić information content (AvgIpc) is 2.34. The van der Waals surface area contributed by atoms with Gasteiger partial charge < -0.3 is 10.6 Å². The van der Waals surface area contributed by atoms with Crippen molar-refractivity contribution in [2.75, 3.05) is 6.54 Å². The number of rotatable bonds is 4. The van der Waals surface area contributed by atoms with Crippen LogP contribution in [-0.4, -0.2) is 23.4 Å². The maximum absolute atomic E-state index is 12.3. The van der Waals surface area contributed by atoms with Crippen LogP contribution in [0.1, 0.15) is 33.3 Å². The molecule has 0 saturated heterocycles. The highest BCUT2D eigenvalue weighted by atomic mass is 16.2. The SMILES string of the molecule is CCN(Cc1ccccc1)C(=O)[C@@H](N)C(C)(C)C. The molecule has 100 valence electrons. The first kappa shape index (κ1) is 14.7. The molecule has 0 spiro atoms. The minimum absolute atomic E-state index is 0.0221. The molecule has 0 aliphatic heterocycles. The Morgan fingerprint density at radius 2 is 1.83 bits per heavy atom. The summed E-state index contributed by atoms with van der Waals surface area (Å²) in [6.45, 7) is 9.26. The number of carbonyl (C=O) groups excluding carboxylic acids is 1. The summed E-state index contributed by atoms with van der Waals surface area (Å²) in [6.07, 6.45) is 0. The summed E-state index contributed by atoms with van der Waals surface area (Å²) in [5, 5.41) is 0. The van der Waals surface area contributed by atoms with Gasteiger partial charge in [0, 0.05) is 13.1 Å². The molecule has 2 N–H and O–H groups in total. The van der Waals surface area contributed by atoms with Gasteiger partial charge in [-0.1, -0.05) is 51.1 Å². The van der Waals surface area contributed by atoms with Gasteiger partial charge >= 0.3 is 0 Å². The van der Waals surface area contributed by atoms with Crippen molar-refractivity contribution < 1.29 is 4.79 Å². The minimum Gasteiger partial charge on any atom is -0.337 e. The highest BCUT2D eigenvalue weighted by Gasteiger charge is 2.30. The molecule has 0 saturated carbocycles. The Hall–Kier alpha value is -1.35. The Balaban J connectivity index is 2.75. The fourth-order valence-corrected chi connectivity index (χ4v) is 1.72. The van der Waals surface area contributed by atoms with Gasteiger partial charge in [0.05, 0.1) is 6.04 Å². The van der Waals surface area contributed by atoms with Gasteiger partial charge in [0.1, 0.15) is 0 Å².